The first-order valence-electron chi connectivity index (χ1n) is 8.20. The van der Waals surface area contributed by atoms with E-state index >= 15 is 0 Å². The number of aryl methyl sites for hydroxylation is 1. The Morgan fingerprint density at radius 2 is 2.12 bits per heavy atom. The van der Waals surface area contributed by atoms with Crippen LogP contribution in [0.2, 0.25) is 5.02 Å². The molecule has 0 N–H and O–H groups in total. The molecule has 0 atom stereocenters. The van der Waals surface area contributed by atoms with Gasteiger partial charge in [-0.25, -0.2) is 4.68 Å². The van der Waals surface area contributed by atoms with Crippen molar-refractivity contribution in [3.05, 3.63) is 41.0 Å². The Kier molecular flexibility index (Phi) is 4.61. The van der Waals surface area contributed by atoms with Crippen LogP contribution in [0.25, 0.3) is 11.4 Å². The van der Waals surface area contributed by atoms with Crippen molar-refractivity contribution in [1.29, 1.82) is 0 Å². The maximum Gasteiger partial charge on any atom is 0.306 e. The second-order valence-corrected chi connectivity index (χ2v) is 6.39. The largest absolute Gasteiger partial charge is 0.457 e. The van der Waals surface area contributed by atoms with Gasteiger partial charge in [-0.3, -0.25) is 4.79 Å². The van der Waals surface area contributed by atoms with E-state index in [1.165, 1.54) is 0 Å². The first kappa shape index (κ1) is 16.6. The zero-order chi connectivity index (χ0) is 17.9. The molecule has 3 aromatic rings. The van der Waals surface area contributed by atoms with Crippen molar-refractivity contribution >= 4 is 17.6 Å². The Morgan fingerprint density at radius 1 is 1.31 bits per heavy atom. The molecular formula is C16H15ClN6O3. The molecular weight excluding hydrogens is 360 g/mol. The summed E-state index contributed by atoms with van der Waals surface area (Å²) >= 11 is 5.86. The molecule has 0 saturated heterocycles. The molecule has 26 heavy (non-hydrogen) atoms. The molecule has 0 spiro atoms. The molecule has 134 valence electrons. The third-order valence-electron chi connectivity index (χ3n) is 3.93. The summed E-state index contributed by atoms with van der Waals surface area (Å²) in [5.74, 6) is 1.01. The molecule has 1 aliphatic rings. The topological polar surface area (TPSA) is 109 Å². The normalized spacial score (nSPS) is 13.7. The number of aromatic nitrogens is 6. The Bertz CT molecular complexity index is 903. The van der Waals surface area contributed by atoms with Crippen molar-refractivity contribution < 1.29 is 14.1 Å². The van der Waals surface area contributed by atoms with Gasteiger partial charge in [-0.1, -0.05) is 16.8 Å². The second kappa shape index (κ2) is 7.20. The van der Waals surface area contributed by atoms with Crippen LogP contribution >= 0.6 is 11.6 Å². The lowest BCUT2D eigenvalue weighted by Gasteiger charge is -2.04. The molecule has 0 bridgehead atoms. The standard InChI is InChI=1S/C16H15ClN6O3/c17-11-3-1-10(2-4-11)16-18-14(26-20-16)7-8-15(24)25-9-13-19-21-22-23(13)12-5-6-12/h1-4,12H,5-9H2. The van der Waals surface area contributed by atoms with E-state index in [0.29, 0.717) is 35.0 Å². The lowest BCUT2D eigenvalue weighted by molar-refractivity contribution is -0.145. The summed E-state index contributed by atoms with van der Waals surface area (Å²) in [6.45, 7) is 0.0577. The lowest BCUT2D eigenvalue weighted by atomic mass is 10.2. The minimum absolute atomic E-state index is 0.0577. The van der Waals surface area contributed by atoms with Crippen molar-refractivity contribution in [2.24, 2.45) is 0 Å². The van der Waals surface area contributed by atoms with Crippen molar-refractivity contribution in [1.82, 2.24) is 30.3 Å². The molecule has 1 aliphatic carbocycles. The maximum atomic E-state index is 11.9. The fourth-order valence-corrected chi connectivity index (χ4v) is 2.53. The van der Waals surface area contributed by atoms with Gasteiger partial charge in [0.2, 0.25) is 11.7 Å². The molecule has 0 aliphatic heterocycles. The summed E-state index contributed by atoms with van der Waals surface area (Å²) in [4.78, 5) is 16.2. The number of tetrazole rings is 1. The Labute approximate surface area is 153 Å². The fraction of sp³-hybridized carbons (Fsp3) is 0.375. The van der Waals surface area contributed by atoms with Crippen LogP contribution in [0.1, 0.15) is 37.0 Å². The first-order chi connectivity index (χ1) is 12.7. The van der Waals surface area contributed by atoms with E-state index in [-0.39, 0.29) is 19.0 Å². The van der Waals surface area contributed by atoms with Crippen LogP contribution in [0.3, 0.4) is 0 Å². The number of benzene rings is 1. The summed E-state index contributed by atoms with van der Waals surface area (Å²) in [5.41, 5.74) is 0.791. The highest BCUT2D eigenvalue weighted by Gasteiger charge is 2.28. The number of halogens is 1. The molecule has 0 radical (unpaired) electrons. The highest BCUT2D eigenvalue weighted by molar-refractivity contribution is 6.30. The molecule has 9 nitrogen and oxygen atoms in total. The van der Waals surface area contributed by atoms with Crippen LogP contribution in [0.5, 0.6) is 0 Å². The van der Waals surface area contributed by atoms with E-state index in [4.69, 9.17) is 20.9 Å². The molecule has 1 aromatic carbocycles. The predicted octanol–water partition coefficient (Wildman–Crippen LogP) is 2.39. The number of carbonyl (C=O) groups is 1. The average Bonchev–Trinajstić information content (AvgIpc) is 3.19. The average molecular weight is 375 g/mol. The van der Waals surface area contributed by atoms with Crippen LogP contribution in [-0.4, -0.2) is 36.3 Å². The van der Waals surface area contributed by atoms with E-state index in [9.17, 15) is 4.79 Å². The van der Waals surface area contributed by atoms with Gasteiger partial charge in [0, 0.05) is 17.0 Å². The Hall–Kier alpha value is -2.81. The number of ether oxygens (including phenoxy) is 1. The molecule has 0 unspecified atom stereocenters. The summed E-state index contributed by atoms with van der Waals surface area (Å²) in [5, 5.41) is 16.0. The monoisotopic (exact) mass is 374 g/mol. The van der Waals surface area contributed by atoms with Gasteiger partial charge in [0.15, 0.2) is 12.4 Å². The van der Waals surface area contributed by atoms with Gasteiger partial charge in [0.1, 0.15) is 0 Å². The molecule has 2 aromatic heterocycles. The Morgan fingerprint density at radius 3 is 2.88 bits per heavy atom. The van der Waals surface area contributed by atoms with Crippen LogP contribution in [0.15, 0.2) is 28.8 Å². The number of esters is 1. The number of hydrogen-bond donors (Lipinski definition) is 0. The molecule has 4 rings (SSSR count). The van der Waals surface area contributed by atoms with Gasteiger partial charge in [-0.05, 0) is 47.5 Å². The highest BCUT2D eigenvalue weighted by Crippen LogP contribution is 2.34. The van der Waals surface area contributed by atoms with Crippen LogP contribution in [-0.2, 0) is 22.6 Å². The predicted molar refractivity (Wildman–Crippen MR) is 88.9 cm³/mol. The van der Waals surface area contributed by atoms with E-state index in [0.717, 1.165) is 18.4 Å². The third-order valence-corrected chi connectivity index (χ3v) is 4.18. The number of rotatable bonds is 7. The minimum atomic E-state index is -0.374. The smallest absolute Gasteiger partial charge is 0.306 e. The van der Waals surface area contributed by atoms with Crippen molar-refractivity contribution in [2.75, 3.05) is 0 Å². The van der Waals surface area contributed by atoms with Gasteiger partial charge in [-0.15, -0.1) is 5.10 Å². The fourth-order valence-electron chi connectivity index (χ4n) is 2.41. The second-order valence-electron chi connectivity index (χ2n) is 5.95. The number of carbonyl (C=O) groups excluding carboxylic acids is 1. The highest BCUT2D eigenvalue weighted by atomic mass is 35.5. The molecule has 2 heterocycles. The summed E-state index contributed by atoms with van der Waals surface area (Å²) in [6.07, 6.45) is 2.54. The van der Waals surface area contributed by atoms with Crippen LogP contribution in [0.4, 0.5) is 0 Å². The van der Waals surface area contributed by atoms with E-state index < -0.39 is 0 Å². The molecule has 10 heteroatoms. The summed E-state index contributed by atoms with van der Waals surface area (Å²) < 4.78 is 12.1. The van der Waals surface area contributed by atoms with Crippen molar-refractivity contribution in [2.45, 2.75) is 38.3 Å². The van der Waals surface area contributed by atoms with Gasteiger partial charge >= 0.3 is 5.97 Å². The third kappa shape index (κ3) is 3.88. The van der Waals surface area contributed by atoms with E-state index in [1.807, 2.05) is 0 Å². The summed E-state index contributed by atoms with van der Waals surface area (Å²) in [7, 11) is 0. The minimum Gasteiger partial charge on any atom is -0.457 e. The SMILES string of the molecule is O=C(CCc1nc(-c2ccc(Cl)cc2)no1)OCc1nnnn1C1CC1. The lowest BCUT2D eigenvalue weighted by Crippen LogP contribution is -2.10. The quantitative estimate of drug-likeness (QED) is 0.580. The molecule has 0 amide bonds. The molecule has 1 saturated carbocycles. The Balaban J connectivity index is 1.28. The first-order valence-corrected chi connectivity index (χ1v) is 8.58. The van der Waals surface area contributed by atoms with Gasteiger partial charge in [0.25, 0.3) is 0 Å². The van der Waals surface area contributed by atoms with Crippen molar-refractivity contribution in [3.63, 3.8) is 0 Å². The molecule has 1 fully saturated rings. The van der Waals surface area contributed by atoms with E-state index in [2.05, 4.69) is 25.7 Å². The van der Waals surface area contributed by atoms with Crippen molar-refractivity contribution in [3.8, 4) is 11.4 Å². The number of hydrogen-bond acceptors (Lipinski definition) is 8. The summed E-state index contributed by atoms with van der Waals surface area (Å²) in [6, 6.07) is 7.44. The zero-order valence-corrected chi connectivity index (χ0v) is 14.5. The van der Waals surface area contributed by atoms with Crippen LogP contribution in [0, 0.1) is 0 Å². The van der Waals surface area contributed by atoms with Gasteiger partial charge in [0.05, 0.1) is 12.5 Å². The van der Waals surface area contributed by atoms with Gasteiger partial charge < -0.3 is 9.26 Å². The maximum absolute atomic E-state index is 11.9. The number of nitrogens with zero attached hydrogens (tertiary/aromatic N) is 6. The van der Waals surface area contributed by atoms with E-state index in [1.54, 1.807) is 28.9 Å². The van der Waals surface area contributed by atoms with Gasteiger partial charge in [-0.2, -0.15) is 4.98 Å². The zero-order valence-electron chi connectivity index (χ0n) is 13.7. The van der Waals surface area contributed by atoms with Crippen LogP contribution < -0.4 is 0 Å².